The second-order valence-corrected chi connectivity index (χ2v) is 2.93. The van der Waals surface area contributed by atoms with Gasteiger partial charge in [-0.25, -0.2) is 0 Å². The third-order valence-corrected chi connectivity index (χ3v) is 1.98. The quantitative estimate of drug-likeness (QED) is 0.553. The standard InChI is InChI=1S/C8H11F2O2.Os/c9-7(10)8(11)12-6-4-2-1-3-5-6;/h6H,1-5H2;/q-1;+2. The van der Waals surface area contributed by atoms with Crippen molar-refractivity contribution in [3.8, 4) is 0 Å². The van der Waals surface area contributed by atoms with Crippen LogP contribution in [0.4, 0.5) is 8.78 Å². The van der Waals surface area contributed by atoms with Crippen LogP contribution in [0, 0.1) is 6.43 Å². The zero-order valence-electron chi connectivity index (χ0n) is 7.04. The van der Waals surface area contributed by atoms with Crippen LogP contribution in [-0.2, 0) is 29.3 Å². The average molecular weight is 367 g/mol. The van der Waals surface area contributed by atoms with Crippen molar-refractivity contribution in [2.75, 3.05) is 0 Å². The predicted molar refractivity (Wildman–Crippen MR) is 38.4 cm³/mol. The van der Waals surface area contributed by atoms with Gasteiger partial charge in [0, 0.05) is 6.43 Å². The molecule has 1 rings (SSSR count). The summed E-state index contributed by atoms with van der Waals surface area (Å²) in [5.74, 6) is -1.46. The minimum Gasteiger partial charge on any atom is -0.481 e. The van der Waals surface area contributed by atoms with Gasteiger partial charge in [-0.05, 0) is 25.7 Å². The van der Waals surface area contributed by atoms with Gasteiger partial charge >= 0.3 is 19.8 Å². The molecular weight excluding hydrogens is 356 g/mol. The maximum atomic E-state index is 11.6. The Kier molecular flexibility index (Phi) is 6.23. The second-order valence-electron chi connectivity index (χ2n) is 2.93. The predicted octanol–water partition coefficient (Wildman–Crippen LogP) is 2.29. The van der Waals surface area contributed by atoms with Crippen LogP contribution in [0.25, 0.3) is 0 Å². The van der Waals surface area contributed by atoms with Crippen LogP contribution >= 0.6 is 0 Å². The molecule has 0 aliphatic heterocycles. The first-order chi connectivity index (χ1) is 5.70. The van der Waals surface area contributed by atoms with E-state index in [0.717, 1.165) is 32.1 Å². The number of halogens is 2. The van der Waals surface area contributed by atoms with Gasteiger partial charge in [-0.15, -0.1) is 0 Å². The van der Waals surface area contributed by atoms with Crippen molar-refractivity contribution in [3.63, 3.8) is 0 Å². The summed E-state index contributed by atoms with van der Waals surface area (Å²) in [5, 5.41) is 0. The molecule has 76 valence electrons. The number of ether oxygens (including phenoxy) is 1. The third-order valence-electron chi connectivity index (χ3n) is 1.98. The smallest absolute Gasteiger partial charge is 0.481 e. The second kappa shape index (κ2) is 6.31. The van der Waals surface area contributed by atoms with Gasteiger partial charge < -0.3 is 13.5 Å². The van der Waals surface area contributed by atoms with E-state index in [1.54, 1.807) is 0 Å². The molecule has 0 amide bonds. The van der Waals surface area contributed by atoms with E-state index in [1.807, 2.05) is 0 Å². The Labute approximate surface area is 89.1 Å². The molecule has 0 heterocycles. The van der Waals surface area contributed by atoms with Crippen molar-refractivity contribution < 1.29 is 38.1 Å². The fourth-order valence-corrected chi connectivity index (χ4v) is 1.38. The maximum Gasteiger partial charge on any atom is 2.00 e. The molecule has 1 saturated carbocycles. The molecule has 5 heteroatoms. The Morgan fingerprint density at radius 3 is 2.23 bits per heavy atom. The Morgan fingerprint density at radius 2 is 1.77 bits per heavy atom. The number of esters is 1. The number of rotatable bonds is 2. The molecule has 0 saturated heterocycles. The van der Waals surface area contributed by atoms with E-state index in [9.17, 15) is 13.6 Å². The molecule has 0 N–H and O–H groups in total. The molecule has 2 nitrogen and oxygen atoms in total. The normalized spacial score (nSPS) is 17.4. The molecule has 1 aliphatic carbocycles. The summed E-state index contributed by atoms with van der Waals surface area (Å²) in [6, 6.07) is 0. The third kappa shape index (κ3) is 4.57. The topological polar surface area (TPSA) is 26.3 Å². The number of carbonyl (C=O) groups excluding carboxylic acids is 1. The van der Waals surface area contributed by atoms with Gasteiger partial charge in [-0.2, -0.15) is 0 Å². The van der Waals surface area contributed by atoms with Gasteiger partial charge in [-0.1, -0.05) is 6.42 Å². The van der Waals surface area contributed by atoms with Crippen LogP contribution in [-0.4, -0.2) is 12.1 Å². The van der Waals surface area contributed by atoms with Gasteiger partial charge in [0.25, 0.3) is 0 Å². The van der Waals surface area contributed by atoms with Gasteiger partial charge in [0.15, 0.2) is 0 Å². The largest absolute Gasteiger partial charge is 2.00 e. The molecule has 0 radical (unpaired) electrons. The van der Waals surface area contributed by atoms with Crippen molar-refractivity contribution in [2.45, 2.75) is 38.2 Å². The monoisotopic (exact) mass is 369 g/mol. The summed E-state index contributed by atoms with van der Waals surface area (Å²) in [5.41, 5.74) is 0. The van der Waals surface area contributed by atoms with Gasteiger partial charge in [0.1, 0.15) is 0 Å². The Balaban J connectivity index is 0.00000144. The summed E-state index contributed by atoms with van der Waals surface area (Å²) >= 11 is 0. The van der Waals surface area contributed by atoms with E-state index < -0.39 is 12.4 Å². The van der Waals surface area contributed by atoms with Crippen LogP contribution in [0.2, 0.25) is 0 Å². The molecule has 0 atom stereocenters. The van der Waals surface area contributed by atoms with Crippen LogP contribution in [0.3, 0.4) is 0 Å². The summed E-state index contributed by atoms with van der Waals surface area (Å²) in [4.78, 5) is 10.4. The SMILES string of the molecule is O=C(OC1CCCCC1)[C-](F)F.[Os+2]. The summed E-state index contributed by atoms with van der Waals surface area (Å²) in [6.07, 6.45) is 1.94. The van der Waals surface area contributed by atoms with Crippen molar-refractivity contribution in [1.82, 2.24) is 0 Å². The van der Waals surface area contributed by atoms with E-state index in [4.69, 9.17) is 0 Å². The van der Waals surface area contributed by atoms with Gasteiger partial charge in [0.2, 0.25) is 5.97 Å². The molecule has 0 spiro atoms. The van der Waals surface area contributed by atoms with E-state index in [0.29, 0.717) is 0 Å². The molecule has 0 aromatic carbocycles. The van der Waals surface area contributed by atoms with E-state index in [1.165, 1.54) is 0 Å². The van der Waals surface area contributed by atoms with Crippen molar-refractivity contribution in [3.05, 3.63) is 6.43 Å². The summed E-state index contributed by atoms with van der Waals surface area (Å²) < 4.78 is 27.8. The van der Waals surface area contributed by atoms with Crippen LogP contribution in [0.1, 0.15) is 32.1 Å². The van der Waals surface area contributed by atoms with Crippen molar-refractivity contribution in [2.24, 2.45) is 0 Å². The van der Waals surface area contributed by atoms with Crippen molar-refractivity contribution >= 4 is 5.97 Å². The van der Waals surface area contributed by atoms with Crippen LogP contribution in [0.15, 0.2) is 0 Å². The first kappa shape index (κ1) is 12.8. The fraction of sp³-hybridized carbons (Fsp3) is 0.750. The Hall–Kier alpha value is -0.164. The Bertz CT molecular complexity index is 158. The molecular formula is C8H11F2O2Os+. The summed E-state index contributed by atoms with van der Waals surface area (Å²) in [6.45, 7) is 0. The molecule has 0 unspecified atom stereocenters. The molecule has 0 aromatic heterocycles. The number of hydrogen-bond donors (Lipinski definition) is 0. The van der Waals surface area contributed by atoms with Gasteiger partial charge in [-0.3, -0.25) is 4.79 Å². The first-order valence-corrected chi connectivity index (χ1v) is 4.09. The maximum absolute atomic E-state index is 11.6. The molecule has 13 heavy (non-hydrogen) atoms. The fourth-order valence-electron chi connectivity index (χ4n) is 1.38. The zero-order valence-corrected chi connectivity index (χ0v) is 9.58. The molecule has 0 aromatic rings. The summed E-state index contributed by atoms with van der Waals surface area (Å²) in [7, 11) is 0. The van der Waals surface area contributed by atoms with Crippen LogP contribution in [0.5, 0.6) is 0 Å². The number of carbonyl (C=O) groups is 1. The first-order valence-electron chi connectivity index (χ1n) is 4.09. The molecule has 1 fully saturated rings. The van der Waals surface area contributed by atoms with Crippen molar-refractivity contribution in [1.29, 1.82) is 0 Å². The Morgan fingerprint density at radius 1 is 1.23 bits per heavy atom. The average Bonchev–Trinajstić information content (AvgIpc) is 2.06. The van der Waals surface area contributed by atoms with E-state index >= 15 is 0 Å². The van der Waals surface area contributed by atoms with Gasteiger partial charge in [0.05, 0.1) is 6.10 Å². The molecule has 0 bridgehead atoms. The minimum atomic E-state index is -2.25. The van der Waals surface area contributed by atoms with E-state index in [-0.39, 0.29) is 25.9 Å². The van der Waals surface area contributed by atoms with E-state index in [2.05, 4.69) is 4.74 Å². The molecule has 1 aliphatic rings. The zero-order chi connectivity index (χ0) is 8.97. The number of hydrogen-bond acceptors (Lipinski definition) is 2. The van der Waals surface area contributed by atoms with Crippen LogP contribution < -0.4 is 0 Å². The minimum absolute atomic E-state index is 0.